The van der Waals surface area contributed by atoms with Gasteiger partial charge in [-0.1, -0.05) is 18.9 Å². The number of hydrogen-bond acceptors (Lipinski definition) is 5. The molecule has 1 saturated heterocycles. The van der Waals surface area contributed by atoms with Crippen LogP contribution in [0.2, 0.25) is 0 Å². The Hall–Kier alpha value is -2.47. The number of hydrogen-bond donors (Lipinski definition) is 1. The van der Waals surface area contributed by atoms with Gasteiger partial charge in [0.05, 0.1) is 11.8 Å². The second-order valence-electron chi connectivity index (χ2n) is 8.36. The molecule has 0 radical (unpaired) electrons. The summed E-state index contributed by atoms with van der Waals surface area (Å²) in [4.78, 5) is 25.8. The quantitative estimate of drug-likeness (QED) is 0.812. The van der Waals surface area contributed by atoms with E-state index in [9.17, 15) is 9.90 Å². The average molecular weight is 395 g/mol. The van der Waals surface area contributed by atoms with Gasteiger partial charge in [-0.3, -0.25) is 14.8 Å². The van der Waals surface area contributed by atoms with Gasteiger partial charge < -0.3 is 14.9 Å². The van der Waals surface area contributed by atoms with Crippen LogP contribution in [0.25, 0.3) is 0 Å². The van der Waals surface area contributed by atoms with Crippen molar-refractivity contribution >= 4 is 5.91 Å². The molecule has 0 spiro atoms. The van der Waals surface area contributed by atoms with Crippen LogP contribution < -0.4 is 0 Å². The molecule has 1 N–H and O–H groups in total. The molecule has 1 amide bonds. The maximum atomic E-state index is 13.2. The molecule has 154 valence electrons. The summed E-state index contributed by atoms with van der Waals surface area (Å²) < 4.78 is 0. The minimum Gasteiger partial charge on any atom is -0.505 e. The van der Waals surface area contributed by atoms with E-state index in [2.05, 4.69) is 14.9 Å². The molecule has 4 rings (SSSR count). The number of carbonyl (C=O) groups is 1. The van der Waals surface area contributed by atoms with Crippen molar-refractivity contribution in [3.05, 3.63) is 54.1 Å². The summed E-state index contributed by atoms with van der Waals surface area (Å²) in [5.41, 5.74) is 1.31. The molecule has 6 heteroatoms. The van der Waals surface area contributed by atoms with Crippen molar-refractivity contribution in [3.63, 3.8) is 0 Å². The molecule has 29 heavy (non-hydrogen) atoms. The van der Waals surface area contributed by atoms with Gasteiger partial charge in [0.1, 0.15) is 5.75 Å². The van der Waals surface area contributed by atoms with E-state index in [4.69, 9.17) is 0 Å². The molecule has 0 aromatic carbocycles. The van der Waals surface area contributed by atoms with E-state index in [-0.39, 0.29) is 11.7 Å². The van der Waals surface area contributed by atoms with Crippen molar-refractivity contribution in [1.82, 2.24) is 19.8 Å². The maximum Gasteiger partial charge on any atom is 0.258 e. The van der Waals surface area contributed by atoms with Crippen LogP contribution in [0, 0.1) is 5.92 Å². The summed E-state index contributed by atoms with van der Waals surface area (Å²) >= 11 is 0. The van der Waals surface area contributed by atoms with Crippen LogP contribution in [0.3, 0.4) is 0 Å². The molecule has 0 bridgehead atoms. The van der Waals surface area contributed by atoms with Gasteiger partial charge in [0.25, 0.3) is 5.91 Å². The molecule has 2 fully saturated rings. The largest absolute Gasteiger partial charge is 0.505 e. The van der Waals surface area contributed by atoms with E-state index >= 15 is 0 Å². The molecular weight excluding hydrogens is 364 g/mol. The summed E-state index contributed by atoms with van der Waals surface area (Å²) in [6, 6.07) is 6.25. The zero-order valence-corrected chi connectivity index (χ0v) is 16.9. The van der Waals surface area contributed by atoms with Crippen molar-refractivity contribution in [2.24, 2.45) is 5.92 Å². The monoisotopic (exact) mass is 394 g/mol. The van der Waals surface area contributed by atoms with Gasteiger partial charge in [-0.2, -0.15) is 0 Å². The SMILES string of the molecule is O=C(c1ccncc1O)N(Cc1cccnc1)CC1CCN(C2CCCC2)CC1. The number of nitrogens with zero attached hydrogens (tertiary/aromatic N) is 4. The molecular formula is C23H30N4O2. The Morgan fingerprint density at radius 3 is 2.52 bits per heavy atom. The Morgan fingerprint density at radius 2 is 1.83 bits per heavy atom. The molecule has 0 atom stereocenters. The van der Waals surface area contributed by atoms with E-state index in [1.807, 2.05) is 17.0 Å². The lowest BCUT2D eigenvalue weighted by molar-refractivity contribution is 0.0647. The van der Waals surface area contributed by atoms with Crippen LogP contribution in [-0.2, 0) is 6.54 Å². The second-order valence-corrected chi connectivity index (χ2v) is 8.36. The standard InChI is InChI=1S/C23H30N4O2/c28-22-15-25-11-7-21(22)23(29)27(17-19-4-3-10-24-14-19)16-18-8-12-26(13-9-18)20-5-1-2-6-20/h3-4,7,10-11,14-15,18,20,28H,1-2,5-6,8-9,12-13,16-17H2. The molecule has 2 aromatic rings. The lowest BCUT2D eigenvalue weighted by Crippen LogP contribution is -2.43. The number of rotatable bonds is 6. The third-order valence-electron chi connectivity index (χ3n) is 6.38. The first-order chi connectivity index (χ1) is 14.2. The van der Waals surface area contributed by atoms with Crippen molar-refractivity contribution in [2.75, 3.05) is 19.6 Å². The van der Waals surface area contributed by atoms with Gasteiger partial charge in [0, 0.05) is 37.7 Å². The van der Waals surface area contributed by atoms with Crippen molar-refractivity contribution < 1.29 is 9.90 Å². The number of likely N-dealkylation sites (tertiary alicyclic amines) is 1. The van der Waals surface area contributed by atoms with Crippen LogP contribution in [0.5, 0.6) is 5.75 Å². The Kier molecular flexibility index (Phi) is 6.39. The number of piperidine rings is 1. The highest BCUT2D eigenvalue weighted by Gasteiger charge is 2.29. The minimum absolute atomic E-state index is 0.0651. The molecule has 6 nitrogen and oxygen atoms in total. The van der Waals surface area contributed by atoms with Gasteiger partial charge in [-0.25, -0.2) is 0 Å². The van der Waals surface area contributed by atoms with Crippen molar-refractivity contribution in [1.29, 1.82) is 0 Å². The minimum atomic E-state index is -0.146. The lowest BCUT2D eigenvalue weighted by atomic mass is 9.94. The highest BCUT2D eigenvalue weighted by Crippen LogP contribution is 2.29. The van der Waals surface area contributed by atoms with E-state index < -0.39 is 0 Å². The summed E-state index contributed by atoms with van der Waals surface area (Å²) in [5.74, 6) is 0.272. The fraction of sp³-hybridized carbons (Fsp3) is 0.522. The van der Waals surface area contributed by atoms with Gasteiger partial charge in [0.2, 0.25) is 0 Å². The molecule has 1 aliphatic heterocycles. The summed E-state index contributed by atoms with van der Waals surface area (Å²) in [6.45, 7) is 3.46. The number of carbonyl (C=O) groups excluding carboxylic acids is 1. The molecule has 2 aliphatic rings. The first-order valence-electron chi connectivity index (χ1n) is 10.8. The van der Waals surface area contributed by atoms with Crippen LogP contribution >= 0.6 is 0 Å². The zero-order valence-electron chi connectivity index (χ0n) is 16.9. The molecule has 1 saturated carbocycles. The lowest BCUT2D eigenvalue weighted by Gasteiger charge is -2.38. The Balaban J connectivity index is 1.44. The van der Waals surface area contributed by atoms with E-state index in [1.165, 1.54) is 31.9 Å². The highest BCUT2D eigenvalue weighted by atomic mass is 16.3. The van der Waals surface area contributed by atoms with Gasteiger partial charge in [-0.05, 0) is 62.4 Å². The Labute approximate surface area is 172 Å². The second kappa shape index (κ2) is 9.35. The number of aromatic nitrogens is 2. The zero-order chi connectivity index (χ0) is 20.1. The van der Waals surface area contributed by atoms with Crippen LogP contribution in [0.15, 0.2) is 43.0 Å². The smallest absolute Gasteiger partial charge is 0.258 e. The van der Waals surface area contributed by atoms with Crippen molar-refractivity contribution in [3.8, 4) is 5.75 Å². The highest BCUT2D eigenvalue weighted by molar-refractivity contribution is 5.96. The predicted octanol–water partition coefficient (Wildman–Crippen LogP) is 3.48. The Morgan fingerprint density at radius 1 is 1.07 bits per heavy atom. The summed E-state index contributed by atoms with van der Waals surface area (Å²) in [5, 5.41) is 10.1. The molecule has 1 aliphatic carbocycles. The van der Waals surface area contributed by atoms with Gasteiger partial charge in [-0.15, -0.1) is 0 Å². The average Bonchev–Trinajstić information content (AvgIpc) is 3.29. The normalized spacial score (nSPS) is 18.8. The third kappa shape index (κ3) is 4.93. The topological polar surface area (TPSA) is 69.6 Å². The third-order valence-corrected chi connectivity index (χ3v) is 6.38. The Bertz CT molecular complexity index is 800. The van der Waals surface area contributed by atoms with Crippen LogP contribution in [0.4, 0.5) is 0 Å². The van der Waals surface area contributed by atoms with Gasteiger partial charge in [0.15, 0.2) is 0 Å². The van der Waals surface area contributed by atoms with E-state index in [1.54, 1.807) is 24.7 Å². The summed E-state index contributed by atoms with van der Waals surface area (Å²) in [6.07, 6.45) is 14.1. The van der Waals surface area contributed by atoms with E-state index in [0.29, 0.717) is 24.6 Å². The van der Waals surface area contributed by atoms with Gasteiger partial charge >= 0.3 is 0 Å². The fourth-order valence-corrected chi connectivity index (χ4v) is 4.75. The van der Waals surface area contributed by atoms with Crippen molar-refractivity contribution in [2.45, 2.75) is 51.1 Å². The first kappa shape index (κ1) is 19.8. The van der Waals surface area contributed by atoms with Crippen LogP contribution in [0.1, 0.15) is 54.4 Å². The van der Waals surface area contributed by atoms with Crippen LogP contribution in [-0.4, -0.2) is 56.5 Å². The molecule has 3 heterocycles. The molecule has 0 unspecified atom stereocenters. The predicted molar refractivity (Wildman–Crippen MR) is 111 cm³/mol. The summed E-state index contributed by atoms with van der Waals surface area (Å²) in [7, 11) is 0. The number of aromatic hydroxyl groups is 1. The first-order valence-corrected chi connectivity index (χ1v) is 10.8. The fourth-order valence-electron chi connectivity index (χ4n) is 4.75. The number of amides is 1. The molecule has 2 aromatic heterocycles. The van der Waals surface area contributed by atoms with E-state index in [0.717, 1.165) is 37.5 Å². The maximum absolute atomic E-state index is 13.2. The number of pyridine rings is 2.